The topological polar surface area (TPSA) is 55.6 Å². The first-order valence-electron chi connectivity index (χ1n) is 7.72. The van der Waals surface area contributed by atoms with Crippen LogP contribution in [0.2, 0.25) is 0 Å². The molecule has 0 aromatic carbocycles. The van der Waals surface area contributed by atoms with Crippen LogP contribution in [0.4, 0.5) is 0 Å². The van der Waals surface area contributed by atoms with Crippen LogP contribution in [0.5, 0.6) is 0 Å². The summed E-state index contributed by atoms with van der Waals surface area (Å²) in [5.74, 6) is 1.93. The largest absolute Gasteiger partial charge is 0.310 e. The van der Waals surface area contributed by atoms with Crippen LogP contribution in [0.25, 0.3) is 0 Å². The smallest absolute Gasteiger partial charge is 0.150 e. The van der Waals surface area contributed by atoms with E-state index in [1.807, 2.05) is 10.9 Å². The summed E-state index contributed by atoms with van der Waals surface area (Å²) in [7, 11) is 0. The molecule has 0 spiro atoms. The van der Waals surface area contributed by atoms with Crippen molar-refractivity contribution in [3.05, 3.63) is 41.2 Å². The van der Waals surface area contributed by atoms with Crippen molar-refractivity contribution >= 4 is 0 Å². The van der Waals surface area contributed by atoms with E-state index in [4.69, 9.17) is 0 Å². The first kappa shape index (κ1) is 15.6. The average Bonchev–Trinajstić information content (AvgIpc) is 2.88. The van der Waals surface area contributed by atoms with Gasteiger partial charge in [-0.2, -0.15) is 5.10 Å². The van der Waals surface area contributed by atoms with Crippen molar-refractivity contribution in [2.24, 2.45) is 0 Å². The lowest BCUT2D eigenvalue weighted by atomic mass is 10.2. The molecule has 114 valence electrons. The predicted molar refractivity (Wildman–Crippen MR) is 84.1 cm³/mol. The Morgan fingerprint density at radius 3 is 2.57 bits per heavy atom. The summed E-state index contributed by atoms with van der Waals surface area (Å²) in [6.45, 7) is 10.0. The number of nitrogens with one attached hydrogen (secondary N) is 1. The fraction of sp³-hybridized carbons (Fsp3) is 0.562. The van der Waals surface area contributed by atoms with Gasteiger partial charge in [-0.25, -0.2) is 9.67 Å². The third kappa shape index (κ3) is 4.36. The molecule has 2 aromatic rings. The highest BCUT2D eigenvalue weighted by Crippen LogP contribution is 2.06. The molecule has 0 fully saturated rings. The molecule has 0 aliphatic heterocycles. The zero-order valence-electron chi connectivity index (χ0n) is 13.4. The van der Waals surface area contributed by atoms with Gasteiger partial charge in [-0.15, -0.1) is 0 Å². The summed E-state index contributed by atoms with van der Waals surface area (Å²) in [6, 6.07) is 4.69. The molecule has 2 heterocycles. The molecular weight excluding hydrogens is 262 g/mol. The van der Waals surface area contributed by atoms with Crippen LogP contribution in [-0.4, -0.2) is 25.8 Å². The zero-order chi connectivity index (χ0) is 15.2. The molecule has 0 saturated carbocycles. The number of rotatable bonds is 7. The van der Waals surface area contributed by atoms with Gasteiger partial charge in [0, 0.05) is 31.6 Å². The minimum atomic E-state index is 0.486. The summed E-state index contributed by atoms with van der Waals surface area (Å²) in [5.41, 5.74) is 2.22. The van der Waals surface area contributed by atoms with Crippen LogP contribution in [0.3, 0.4) is 0 Å². The van der Waals surface area contributed by atoms with Crippen LogP contribution < -0.4 is 5.32 Å². The summed E-state index contributed by atoms with van der Waals surface area (Å²) in [5, 5.41) is 7.92. The van der Waals surface area contributed by atoms with Crippen LogP contribution >= 0.6 is 0 Å². The molecule has 0 saturated heterocycles. The molecule has 0 bridgehead atoms. The second-order valence-corrected chi connectivity index (χ2v) is 5.50. The fourth-order valence-corrected chi connectivity index (χ4v) is 2.09. The molecule has 21 heavy (non-hydrogen) atoms. The van der Waals surface area contributed by atoms with Crippen molar-refractivity contribution in [2.45, 2.75) is 59.7 Å². The van der Waals surface area contributed by atoms with E-state index in [0.29, 0.717) is 12.6 Å². The van der Waals surface area contributed by atoms with E-state index >= 15 is 0 Å². The van der Waals surface area contributed by atoms with E-state index < -0.39 is 0 Å². The highest BCUT2D eigenvalue weighted by Gasteiger charge is 2.08. The monoisotopic (exact) mass is 287 g/mol. The summed E-state index contributed by atoms with van der Waals surface area (Å²) < 4.78 is 1.97. The van der Waals surface area contributed by atoms with E-state index in [9.17, 15) is 0 Å². The van der Waals surface area contributed by atoms with Gasteiger partial charge in [0.1, 0.15) is 5.82 Å². The van der Waals surface area contributed by atoms with Gasteiger partial charge in [-0.1, -0.05) is 33.8 Å². The number of pyridine rings is 1. The molecule has 2 rings (SSSR count). The molecule has 1 N–H and O–H groups in total. The van der Waals surface area contributed by atoms with Gasteiger partial charge >= 0.3 is 0 Å². The molecule has 0 aliphatic rings. The Labute approximate surface area is 126 Å². The molecule has 0 unspecified atom stereocenters. The normalized spacial score (nSPS) is 11.3. The minimum absolute atomic E-state index is 0.486. The van der Waals surface area contributed by atoms with E-state index in [-0.39, 0.29) is 0 Å². The first-order valence-corrected chi connectivity index (χ1v) is 7.72. The second-order valence-electron chi connectivity index (χ2n) is 5.50. The Hall–Kier alpha value is -1.75. The molecule has 0 amide bonds. The van der Waals surface area contributed by atoms with Crippen LogP contribution in [0, 0.1) is 0 Å². The van der Waals surface area contributed by atoms with Crippen molar-refractivity contribution in [3.63, 3.8) is 0 Å². The average molecular weight is 287 g/mol. The summed E-state index contributed by atoms with van der Waals surface area (Å²) in [4.78, 5) is 9.06. The van der Waals surface area contributed by atoms with Crippen molar-refractivity contribution < 1.29 is 0 Å². The van der Waals surface area contributed by atoms with Crippen molar-refractivity contribution in [1.29, 1.82) is 0 Å². The quantitative estimate of drug-likeness (QED) is 0.849. The maximum atomic E-state index is 4.53. The third-order valence-electron chi connectivity index (χ3n) is 3.34. The highest BCUT2D eigenvalue weighted by atomic mass is 15.3. The number of hydrogen-bond donors (Lipinski definition) is 1. The summed E-state index contributed by atoms with van der Waals surface area (Å²) in [6.07, 6.45) is 3.70. The standard InChI is InChI=1S/C16H25N5/c1-5-15-19-16(6-2)21(20-15)11-14-8-7-13(10-18-14)9-17-12(3)4/h7-8,10,12,17H,5-6,9,11H2,1-4H3. The fourth-order valence-electron chi connectivity index (χ4n) is 2.09. The molecule has 5 nitrogen and oxygen atoms in total. The van der Waals surface area contributed by atoms with Crippen LogP contribution in [-0.2, 0) is 25.9 Å². The number of aryl methyl sites for hydroxylation is 2. The SMILES string of the molecule is CCc1nc(CC)n(Cc2ccc(CNC(C)C)cn2)n1. The van der Waals surface area contributed by atoms with E-state index in [2.05, 4.69) is 60.2 Å². The lowest BCUT2D eigenvalue weighted by Crippen LogP contribution is -2.21. The van der Waals surface area contributed by atoms with Gasteiger partial charge in [0.15, 0.2) is 5.82 Å². The van der Waals surface area contributed by atoms with E-state index in [1.165, 1.54) is 5.56 Å². The van der Waals surface area contributed by atoms with E-state index in [0.717, 1.165) is 36.7 Å². The Bertz CT molecular complexity index is 557. The van der Waals surface area contributed by atoms with Gasteiger partial charge in [-0.3, -0.25) is 4.98 Å². The van der Waals surface area contributed by atoms with Gasteiger partial charge in [0.2, 0.25) is 0 Å². The predicted octanol–water partition coefficient (Wildman–Crippen LogP) is 2.34. The minimum Gasteiger partial charge on any atom is -0.310 e. The van der Waals surface area contributed by atoms with Gasteiger partial charge < -0.3 is 5.32 Å². The maximum Gasteiger partial charge on any atom is 0.150 e. The zero-order valence-corrected chi connectivity index (χ0v) is 13.4. The Balaban J connectivity index is 2.04. The van der Waals surface area contributed by atoms with E-state index in [1.54, 1.807) is 0 Å². The van der Waals surface area contributed by atoms with Gasteiger partial charge in [-0.05, 0) is 11.6 Å². The van der Waals surface area contributed by atoms with Crippen molar-refractivity contribution in [2.75, 3.05) is 0 Å². The Kier molecular flexibility index (Phi) is 5.44. The number of hydrogen-bond acceptors (Lipinski definition) is 4. The molecule has 2 aromatic heterocycles. The molecule has 0 atom stereocenters. The maximum absolute atomic E-state index is 4.53. The third-order valence-corrected chi connectivity index (χ3v) is 3.34. The number of aromatic nitrogens is 4. The second kappa shape index (κ2) is 7.31. The first-order chi connectivity index (χ1) is 10.1. The van der Waals surface area contributed by atoms with Crippen LogP contribution in [0.1, 0.15) is 50.6 Å². The Morgan fingerprint density at radius 2 is 2.00 bits per heavy atom. The van der Waals surface area contributed by atoms with Crippen molar-refractivity contribution in [1.82, 2.24) is 25.1 Å². The Morgan fingerprint density at radius 1 is 1.19 bits per heavy atom. The molecule has 0 radical (unpaired) electrons. The van der Waals surface area contributed by atoms with Gasteiger partial charge in [0.05, 0.1) is 12.2 Å². The molecule has 5 heteroatoms. The lowest BCUT2D eigenvalue weighted by Gasteiger charge is -2.08. The lowest BCUT2D eigenvalue weighted by molar-refractivity contribution is 0.586. The molecule has 0 aliphatic carbocycles. The summed E-state index contributed by atoms with van der Waals surface area (Å²) >= 11 is 0. The van der Waals surface area contributed by atoms with Crippen LogP contribution in [0.15, 0.2) is 18.3 Å². The van der Waals surface area contributed by atoms with Gasteiger partial charge in [0.25, 0.3) is 0 Å². The van der Waals surface area contributed by atoms with Crippen molar-refractivity contribution in [3.8, 4) is 0 Å². The highest BCUT2D eigenvalue weighted by molar-refractivity contribution is 5.14. The molecular formula is C16H25N5. The number of nitrogens with zero attached hydrogens (tertiary/aromatic N) is 4.